The molecular weight excluding hydrogens is 190 g/mol. The molecule has 0 bridgehead atoms. The van der Waals surface area contributed by atoms with Crippen molar-refractivity contribution in [1.29, 1.82) is 0 Å². The fourth-order valence-electron chi connectivity index (χ4n) is 1.23. The molecule has 0 saturated heterocycles. The van der Waals surface area contributed by atoms with Crippen molar-refractivity contribution >= 4 is 17.7 Å². The van der Waals surface area contributed by atoms with Crippen LogP contribution in [0.25, 0.3) is 6.08 Å². The van der Waals surface area contributed by atoms with Gasteiger partial charge in [-0.15, -0.1) is 0 Å². The number of aryl methyl sites for hydroxylation is 1. The van der Waals surface area contributed by atoms with Gasteiger partial charge in [0.2, 0.25) is 0 Å². The van der Waals surface area contributed by atoms with E-state index in [-0.39, 0.29) is 5.97 Å². The highest BCUT2D eigenvalue weighted by Gasteiger charge is 1.97. The summed E-state index contributed by atoms with van der Waals surface area (Å²) in [6.07, 6.45) is 3.15. The van der Waals surface area contributed by atoms with Gasteiger partial charge in [-0.05, 0) is 43.2 Å². The molecule has 0 atom stereocenters. The smallest absolute Gasteiger partial charge is 0.330 e. The summed E-state index contributed by atoms with van der Waals surface area (Å²) in [7, 11) is 0. The normalized spacial score (nSPS) is 10.5. The Morgan fingerprint density at radius 1 is 1.53 bits per heavy atom. The Labute approximate surface area is 89.5 Å². The molecule has 0 heterocycles. The SMILES string of the molecule is CCOC(=O)/C=C/c1ccc(N)cc1C. The molecule has 0 fully saturated rings. The van der Waals surface area contributed by atoms with Gasteiger partial charge in [0.15, 0.2) is 0 Å². The number of anilines is 1. The molecule has 0 spiro atoms. The van der Waals surface area contributed by atoms with Crippen molar-refractivity contribution < 1.29 is 9.53 Å². The third-order valence-electron chi connectivity index (χ3n) is 1.98. The molecular formula is C12H15NO2. The van der Waals surface area contributed by atoms with E-state index in [1.807, 2.05) is 19.1 Å². The zero-order valence-electron chi connectivity index (χ0n) is 8.99. The Balaban J connectivity index is 2.76. The van der Waals surface area contributed by atoms with Crippen LogP contribution in [0.15, 0.2) is 24.3 Å². The number of hydrogen-bond acceptors (Lipinski definition) is 3. The standard InChI is InChI=1S/C12H15NO2/c1-3-15-12(14)7-5-10-4-6-11(13)8-9(10)2/h4-8H,3,13H2,1-2H3/b7-5+. The fraction of sp³-hybridized carbons (Fsp3) is 0.250. The van der Waals surface area contributed by atoms with E-state index in [1.54, 1.807) is 19.1 Å². The van der Waals surface area contributed by atoms with Gasteiger partial charge in [0.05, 0.1) is 6.61 Å². The Morgan fingerprint density at radius 3 is 2.87 bits per heavy atom. The lowest BCUT2D eigenvalue weighted by molar-refractivity contribution is -0.137. The van der Waals surface area contributed by atoms with E-state index in [1.165, 1.54) is 6.08 Å². The molecule has 1 aromatic carbocycles. The molecule has 0 saturated carbocycles. The molecule has 0 aliphatic rings. The minimum absolute atomic E-state index is 0.325. The van der Waals surface area contributed by atoms with Gasteiger partial charge in [-0.25, -0.2) is 4.79 Å². The lowest BCUT2D eigenvalue weighted by Gasteiger charge is -2.01. The molecule has 0 amide bonds. The number of hydrogen-bond donors (Lipinski definition) is 1. The molecule has 1 rings (SSSR count). The number of esters is 1. The first kappa shape index (κ1) is 11.3. The molecule has 3 heteroatoms. The maximum Gasteiger partial charge on any atom is 0.330 e. The third kappa shape index (κ3) is 3.46. The Bertz CT molecular complexity index is 383. The first-order valence-corrected chi connectivity index (χ1v) is 4.84. The van der Waals surface area contributed by atoms with E-state index in [2.05, 4.69) is 0 Å². The van der Waals surface area contributed by atoms with Gasteiger partial charge >= 0.3 is 5.97 Å². The van der Waals surface area contributed by atoms with Crippen LogP contribution in [-0.2, 0) is 9.53 Å². The second-order valence-corrected chi connectivity index (χ2v) is 3.20. The van der Waals surface area contributed by atoms with Crippen molar-refractivity contribution in [1.82, 2.24) is 0 Å². The predicted octanol–water partition coefficient (Wildman–Crippen LogP) is 2.15. The van der Waals surface area contributed by atoms with Crippen molar-refractivity contribution in [2.45, 2.75) is 13.8 Å². The summed E-state index contributed by atoms with van der Waals surface area (Å²) in [6, 6.07) is 5.54. The molecule has 0 radical (unpaired) electrons. The zero-order chi connectivity index (χ0) is 11.3. The highest BCUT2D eigenvalue weighted by molar-refractivity contribution is 5.87. The van der Waals surface area contributed by atoms with E-state index >= 15 is 0 Å². The number of carbonyl (C=O) groups is 1. The molecule has 15 heavy (non-hydrogen) atoms. The second kappa shape index (κ2) is 5.20. The van der Waals surface area contributed by atoms with Crippen molar-refractivity contribution in [3.8, 4) is 0 Å². The molecule has 0 aliphatic heterocycles. The molecule has 1 aromatic rings. The van der Waals surface area contributed by atoms with Gasteiger partial charge in [0.25, 0.3) is 0 Å². The molecule has 0 aliphatic carbocycles. The third-order valence-corrected chi connectivity index (χ3v) is 1.98. The van der Waals surface area contributed by atoms with Gasteiger partial charge in [-0.2, -0.15) is 0 Å². The van der Waals surface area contributed by atoms with Gasteiger partial charge in [0, 0.05) is 11.8 Å². The summed E-state index contributed by atoms with van der Waals surface area (Å²) in [4.78, 5) is 11.1. The maximum atomic E-state index is 11.1. The number of benzene rings is 1. The maximum absolute atomic E-state index is 11.1. The predicted molar refractivity (Wildman–Crippen MR) is 61.3 cm³/mol. The summed E-state index contributed by atoms with van der Waals surface area (Å²) in [5, 5.41) is 0. The number of carbonyl (C=O) groups excluding carboxylic acids is 1. The van der Waals surface area contributed by atoms with Gasteiger partial charge < -0.3 is 10.5 Å². The summed E-state index contributed by atoms with van der Waals surface area (Å²) in [5.74, 6) is -0.325. The van der Waals surface area contributed by atoms with Gasteiger partial charge in [-0.3, -0.25) is 0 Å². The number of ether oxygens (including phenoxy) is 1. The zero-order valence-corrected chi connectivity index (χ0v) is 8.99. The lowest BCUT2D eigenvalue weighted by atomic mass is 10.1. The highest BCUT2D eigenvalue weighted by atomic mass is 16.5. The van der Waals surface area contributed by atoms with Crippen LogP contribution in [0, 0.1) is 6.92 Å². The molecule has 3 nitrogen and oxygen atoms in total. The molecule has 80 valence electrons. The number of rotatable bonds is 3. The summed E-state index contributed by atoms with van der Waals surface area (Å²) < 4.78 is 4.78. The minimum Gasteiger partial charge on any atom is -0.463 e. The van der Waals surface area contributed by atoms with Crippen LogP contribution in [0.1, 0.15) is 18.1 Å². The van der Waals surface area contributed by atoms with Crippen LogP contribution < -0.4 is 5.73 Å². The van der Waals surface area contributed by atoms with Crippen molar-refractivity contribution in [3.63, 3.8) is 0 Å². The van der Waals surface area contributed by atoms with Crippen LogP contribution in [0.3, 0.4) is 0 Å². The number of nitrogens with two attached hydrogens (primary N) is 1. The molecule has 2 N–H and O–H groups in total. The van der Waals surface area contributed by atoms with Crippen molar-refractivity contribution in [3.05, 3.63) is 35.4 Å². The van der Waals surface area contributed by atoms with E-state index in [0.717, 1.165) is 16.8 Å². The van der Waals surface area contributed by atoms with Crippen molar-refractivity contribution in [2.24, 2.45) is 0 Å². The second-order valence-electron chi connectivity index (χ2n) is 3.20. The summed E-state index contributed by atoms with van der Waals surface area (Å²) in [5.41, 5.74) is 8.35. The first-order chi connectivity index (χ1) is 7.13. The molecule has 0 aromatic heterocycles. The van der Waals surface area contributed by atoms with Crippen LogP contribution >= 0.6 is 0 Å². The minimum atomic E-state index is -0.325. The average Bonchev–Trinajstić information content (AvgIpc) is 2.17. The van der Waals surface area contributed by atoms with Crippen molar-refractivity contribution in [2.75, 3.05) is 12.3 Å². The van der Waals surface area contributed by atoms with E-state index in [9.17, 15) is 4.79 Å². The van der Waals surface area contributed by atoms with E-state index in [0.29, 0.717) is 6.61 Å². The Kier molecular flexibility index (Phi) is 3.92. The fourth-order valence-corrected chi connectivity index (χ4v) is 1.23. The van der Waals surface area contributed by atoms with E-state index < -0.39 is 0 Å². The average molecular weight is 205 g/mol. The Morgan fingerprint density at radius 2 is 2.27 bits per heavy atom. The van der Waals surface area contributed by atoms with Gasteiger partial charge in [-0.1, -0.05) is 6.07 Å². The van der Waals surface area contributed by atoms with Crippen LogP contribution in [0.5, 0.6) is 0 Å². The topological polar surface area (TPSA) is 52.3 Å². The lowest BCUT2D eigenvalue weighted by Crippen LogP contribution is -1.98. The largest absolute Gasteiger partial charge is 0.463 e. The highest BCUT2D eigenvalue weighted by Crippen LogP contribution is 2.13. The van der Waals surface area contributed by atoms with E-state index in [4.69, 9.17) is 10.5 Å². The van der Waals surface area contributed by atoms with Crippen LogP contribution in [-0.4, -0.2) is 12.6 Å². The first-order valence-electron chi connectivity index (χ1n) is 4.84. The quantitative estimate of drug-likeness (QED) is 0.467. The molecule has 0 unspecified atom stereocenters. The van der Waals surface area contributed by atoms with Gasteiger partial charge in [0.1, 0.15) is 0 Å². The summed E-state index contributed by atoms with van der Waals surface area (Å²) in [6.45, 7) is 4.12. The van der Waals surface area contributed by atoms with Crippen LogP contribution in [0.2, 0.25) is 0 Å². The number of nitrogen functional groups attached to an aromatic ring is 1. The summed E-state index contributed by atoms with van der Waals surface area (Å²) >= 11 is 0. The van der Waals surface area contributed by atoms with Crippen LogP contribution in [0.4, 0.5) is 5.69 Å². The Hall–Kier alpha value is -1.77. The monoisotopic (exact) mass is 205 g/mol.